The first-order chi connectivity index (χ1) is 8.81. The molecule has 0 amide bonds. The van der Waals surface area contributed by atoms with E-state index in [2.05, 4.69) is 51.9 Å². The summed E-state index contributed by atoms with van der Waals surface area (Å²) in [5.41, 5.74) is 2.66. The molecule has 18 heavy (non-hydrogen) atoms. The molecule has 1 saturated heterocycles. The maximum atomic E-state index is 3.46. The Hall–Kier alpha value is -0.970. The molecule has 2 aliphatic rings. The largest absolute Gasteiger partial charge is 0.328 e. The van der Waals surface area contributed by atoms with Gasteiger partial charge in [-0.15, -0.1) is 0 Å². The average Bonchev–Trinajstić information content (AvgIpc) is 2.41. The molecule has 0 radical (unpaired) electrons. The number of hydrogen-bond acceptors (Lipinski definition) is 4. The molecule has 2 aliphatic heterocycles. The number of nitrogens with zero attached hydrogens (tertiary/aromatic N) is 2. The lowest BCUT2D eigenvalue weighted by Crippen LogP contribution is -2.45. The Balaban J connectivity index is 1.66. The molecule has 0 saturated carbocycles. The van der Waals surface area contributed by atoms with Crippen LogP contribution in [0.4, 0.5) is 0 Å². The van der Waals surface area contributed by atoms with Crippen LogP contribution in [0.2, 0.25) is 0 Å². The van der Waals surface area contributed by atoms with Crippen LogP contribution in [0, 0.1) is 0 Å². The monoisotopic (exact) mass is 261 g/mol. The van der Waals surface area contributed by atoms with Crippen molar-refractivity contribution in [3.8, 4) is 0 Å². The van der Waals surface area contributed by atoms with Crippen molar-refractivity contribution >= 4 is 18.0 Å². The van der Waals surface area contributed by atoms with E-state index in [9.17, 15) is 0 Å². The van der Waals surface area contributed by atoms with Gasteiger partial charge in [-0.25, -0.2) is 0 Å². The van der Waals surface area contributed by atoms with Gasteiger partial charge in [0.1, 0.15) is 0 Å². The van der Waals surface area contributed by atoms with E-state index >= 15 is 0 Å². The molecule has 1 aromatic rings. The molecule has 3 rings (SSSR count). The third-order valence-corrected chi connectivity index (χ3v) is 4.49. The molecule has 1 N–H and O–H groups in total. The second-order valence-corrected chi connectivity index (χ2v) is 5.84. The summed E-state index contributed by atoms with van der Waals surface area (Å²) in [4.78, 5) is 6.23. The van der Waals surface area contributed by atoms with E-state index in [4.69, 9.17) is 0 Å². The van der Waals surface area contributed by atoms with Crippen LogP contribution >= 0.6 is 11.9 Å². The van der Waals surface area contributed by atoms with Crippen molar-refractivity contribution < 1.29 is 0 Å². The first kappa shape index (κ1) is 12.1. The fourth-order valence-electron chi connectivity index (χ4n) is 2.36. The fraction of sp³-hybridized carbons (Fsp3) is 0.429. The number of fused-ring (bicyclic) bond motifs is 1. The number of piperazine rings is 1. The molecule has 96 valence electrons. The van der Waals surface area contributed by atoms with Crippen molar-refractivity contribution in [2.24, 2.45) is 0 Å². The Labute approximate surface area is 113 Å². The minimum absolute atomic E-state index is 1.04. The van der Waals surface area contributed by atoms with Gasteiger partial charge in [-0.2, -0.15) is 0 Å². The molecule has 4 heteroatoms. The van der Waals surface area contributed by atoms with Gasteiger partial charge < -0.3 is 9.62 Å². The van der Waals surface area contributed by atoms with E-state index in [0.717, 1.165) is 6.54 Å². The molecule has 0 bridgehead atoms. The van der Waals surface area contributed by atoms with Crippen LogP contribution in [0.25, 0.3) is 6.08 Å². The molecule has 0 spiro atoms. The van der Waals surface area contributed by atoms with Gasteiger partial charge in [-0.05, 0) is 36.7 Å². The maximum absolute atomic E-state index is 3.46. The van der Waals surface area contributed by atoms with Crippen molar-refractivity contribution in [3.63, 3.8) is 0 Å². The summed E-state index contributed by atoms with van der Waals surface area (Å²) in [5, 5.41) is 0. The zero-order valence-corrected chi connectivity index (χ0v) is 11.5. The molecule has 2 heterocycles. The Kier molecular flexibility index (Phi) is 3.59. The molecule has 0 aromatic heterocycles. The summed E-state index contributed by atoms with van der Waals surface area (Å²) in [7, 11) is 2.20. The topological polar surface area (TPSA) is 18.5 Å². The Morgan fingerprint density at radius 2 is 1.94 bits per heavy atom. The summed E-state index contributed by atoms with van der Waals surface area (Å²) >= 11 is 1.73. The average molecular weight is 261 g/mol. The van der Waals surface area contributed by atoms with Gasteiger partial charge in [-0.1, -0.05) is 18.2 Å². The van der Waals surface area contributed by atoms with Crippen LogP contribution in [0.5, 0.6) is 0 Å². The molecule has 1 aromatic carbocycles. The van der Waals surface area contributed by atoms with Gasteiger partial charge >= 0.3 is 0 Å². The van der Waals surface area contributed by atoms with Crippen LogP contribution in [-0.4, -0.2) is 49.6 Å². The maximum Gasteiger partial charge on any atom is 0.0391 e. The summed E-state index contributed by atoms with van der Waals surface area (Å²) < 4.78 is 3.46. The zero-order chi connectivity index (χ0) is 12.4. The predicted molar refractivity (Wildman–Crippen MR) is 77.3 cm³/mol. The lowest BCUT2D eigenvalue weighted by Gasteiger charge is -2.33. The van der Waals surface area contributed by atoms with E-state index in [-0.39, 0.29) is 0 Å². The van der Waals surface area contributed by atoms with Crippen molar-refractivity contribution in [2.75, 3.05) is 39.8 Å². The Bertz CT molecular complexity index is 450. The first-order valence-electron chi connectivity index (χ1n) is 6.44. The van der Waals surface area contributed by atoms with Gasteiger partial charge in [0.2, 0.25) is 0 Å². The molecule has 1 fully saturated rings. The SMILES string of the molecule is CN1CCN(CC2=Cc3ccccc3SN2)CC1. The Morgan fingerprint density at radius 3 is 2.78 bits per heavy atom. The van der Waals surface area contributed by atoms with Crippen molar-refractivity contribution in [3.05, 3.63) is 35.5 Å². The third kappa shape index (κ3) is 2.71. The molecule has 3 nitrogen and oxygen atoms in total. The van der Waals surface area contributed by atoms with Crippen LogP contribution < -0.4 is 4.72 Å². The van der Waals surface area contributed by atoms with Crippen LogP contribution in [0.15, 0.2) is 34.9 Å². The smallest absolute Gasteiger partial charge is 0.0391 e. The van der Waals surface area contributed by atoms with Gasteiger partial charge in [0.25, 0.3) is 0 Å². The quantitative estimate of drug-likeness (QED) is 0.819. The summed E-state index contributed by atoms with van der Waals surface area (Å²) in [5.74, 6) is 0. The minimum Gasteiger partial charge on any atom is -0.328 e. The number of likely N-dealkylation sites (N-methyl/N-ethyl adjacent to an activating group) is 1. The lowest BCUT2D eigenvalue weighted by atomic mass is 10.2. The van der Waals surface area contributed by atoms with E-state index < -0.39 is 0 Å². The van der Waals surface area contributed by atoms with E-state index in [1.165, 1.54) is 42.3 Å². The molecule has 0 atom stereocenters. The van der Waals surface area contributed by atoms with Gasteiger partial charge in [0, 0.05) is 43.3 Å². The third-order valence-electron chi connectivity index (χ3n) is 3.53. The van der Waals surface area contributed by atoms with E-state index in [1.54, 1.807) is 11.9 Å². The molecule has 0 aliphatic carbocycles. The summed E-state index contributed by atoms with van der Waals surface area (Å²) in [6, 6.07) is 8.55. The Morgan fingerprint density at radius 1 is 1.17 bits per heavy atom. The van der Waals surface area contributed by atoms with Crippen LogP contribution in [0.1, 0.15) is 5.56 Å². The highest BCUT2D eigenvalue weighted by Crippen LogP contribution is 2.27. The van der Waals surface area contributed by atoms with Crippen LogP contribution in [0.3, 0.4) is 0 Å². The number of benzene rings is 1. The number of rotatable bonds is 2. The van der Waals surface area contributed by atoms with E-state index in [0.29, 0.717) is 0 Å². The first-order valence-corrected chi connectivity index (χ1v) is 7.26. The second-order valence-electron chi connectivity index (χ2n) is 4.99. The van der Waals surface area contributed by atoms with E-state index in [1.807, 2.05) is 0 Å². The van der Waals surface area contributed by atoms with Gasteiger partial charge in [0.15, 0.2) is 0 Å². The molecular formula is C14H19N3S. The van der Waals surface area contributed by atoms with Gasteiger partial charge in [0.05, 0.1) is 0 Å². The number of hydrogen-bond donors (Lipinski definition) is 1. The van der Waals surface area contributed by atoms with Gasteiger partial charge in [-0.3, -0.25) is 4.90 Å². The zero-order valence-electron chi connectivity index (χ0n) is 10.7. The molecule has 0 unspecified atom stereocenters. The highest BCUT2D eigenvalue weighted by Gasteiger charge is 2.17. The number of nitrogens with one attached hydrogen (secondary N) is 1. The predicted octanol–water partition coefficient (Wildman–Crippen LogP) is 1.89. The van der Waals surface area contributed by atoms with Crippen molar-refractivity contribution in [2.45, 2.75) is 4.90 Å². The minimum atomic E-state index is 1.04. The summed E-state index contributed by atoms with van der Waals surface area (Å²) in [6.07, 6.45) is 2.28. The summed E-state index contributed by atoms with van der Waals surface area (Å²) in [6.45, 7) is 5.73. The lowest BCUT2D eigenvalue weighted by molar-refractivity contribution is 0.163. The molecular weight excluding hydrogens is 242 g/mol. The second kappa shape index (κ2) is 5.34. The normalized spacial score (nSPS) is 21.1. The fourth-order valence-corrected chi connectivity index (χ4v) is 3.11. The highest BCUT2D eigenvalue weighted by atomic mass is 32.2. The highest BCUT2D eigenvalue weighted by molar-refractivity contribution is 7.97. The van der Waals surface area contributed by atoms with Crippen molar-refractivity contribution in [1.82, 2.24) is 14.5 Å². The van der Waals surface area contributed by atoms with Crippen LogP contribution in [-0.2, 0) is 0 Å². The van der Waals surface area contributed by atoms with Crippen molar-refractivity contribution in [1.29, 1.82) is 0 Å². The standard InChI is InChI=1S/C14H19N3S/c1-16-6-8-17(9-7-16)11-13-10-12-4-2-3-5-14(12)18-15-13/h2-5,10,15H,6-9,11H2,1H3.